The maximum Gasteiger partial charge on any atom is 0.101 e. The van der Waals surface area contributed by atoms with Crippen LogP contribution in [0.3, 0.4) is 0 Å². The predicted octanol–water partition coefficient (Wildman–Crippen LogP) is 1.16. The standard InChI is InChI=1S/C8H14N2OS/c1-2-6(3-9)8(11)7-4-12-5-10-7/h4-6,8,11H,2-3,9H2,1H3. The number of nitrogens with two attached hydrogens (primary N) is 1. The molecule has 1 aromatic heterocycles. The third-order valence-corrected chi connectivity index (χ3v) is 2.63. The SMILES string of the molecule is CCC(CN)C(O)c1cscn1. The Morgan fingerprint density at radius 2 is 2.50 bits per heavy atom. The van der Waals surface area contributed by atoms with E-state index in [1.54, 1.807) is 5.51 Å². The highest BCUT2D eigenvalue weighted by Gasteiger charge is 2.18. The Morgan fingerprint density at radius 1 is 1.75 bits per heavy atom. The number of nitrogens with zero attached hydrogens (tertiary/aromatic N) is 1. The maximum absolute atomic E-state index is 9.73. The van der Waals surface area contributed by atoms with Gasteiger partial charge in [0.05, 0.1) is 11.2 Å². The van der Waals surface area contributed by atoms with Gasteiger partial charge in [-0.1, -0.05) is 6.92 Å². The molecule has 0 aromatic carbocycles. The van der Waals surface area contributed by atoms with Crippen molar-refractivity contribution < 1.29 is 5.11 Å². The van der Waals surface area contributed by atoms with Gasteiger partial charge in [-0.05, 0) is 13.0 Å². The Balaban J connectivity index is 2.63. The molecule has 0 aliphatic rings. The topological polar surface area (TPSA) is 59.1 Å². The number of hydrogen-bond acceptors (Lipinski definition) is 4. The lowest BCUT2D eigenvalue weighted by Crippen LogP contribution is -2.21. The van der Waals surface area contributed by atoms with Crippen molar-refractivity contribution in [3.05, 3.63) is 16.6 Å². The van der Waals surface area contributed by atoms with Gasteiger partial charge in [-0.3, -0.25) is 0 Å². The van der Waals surface area contributed by atoms with Crippen molar-refractivity contribution in [1.82, 2.24) is 4.98 Å². The Hall–Kier alpha value is -0.450. The first-order valence-corrected chi connectivity index (χ1v) is 5.00. The van der Waals surface area contributed by atoms with Gasteiger partial charge < -0.3 is 10.8 Å². The van der Waals surface area contributed by atoms with E-state index in [0.717, 1.165) is 12.1 Å². The van der Waals surface area contributed by atoms with Crippen molar-refractivity contribution in [2.24, 2.45) is 11.7 Å². The van der Waals surface area contributed by atoms with Crippen LogP contribution in [0.5, 0.6) is 0 Å². The van der Waals surface area contributed by atoms with E-state index in [0.29, 0.717) is 6.54 Å². The van der Waals surface area contributed by atoms with Gasteiger partial charge in [-0.2, -0.15) is 0 Å². The van der Waals surface area contributed by atoms with E-state index in [-0.39, 0.29) is 5.92 Å². The Morgan fingerprint density at radius 3 is 2.92 bits per heavy atom. The Bertz CT molecular complexity index is 209. The molecule has 0 bridgehead atoms. The third-order valence-electron chi connectivity index (χ3n) is 2.03. The van der Waals surface area contributed by atoms with Crippen molar-refractivity contribution in [3.8, 4) is 0 Å². The van der Waals surface area contributed by atoms with Gasteiger partial charge in [-0.15, -0.1) is 11.3 Å². The Kier molecular flexibility index (Phi) is 3.65. The summed E-state index contributed by atoms with van der Waals surface area (Å²) < 4.78 is 0. The minimum Gasteiger partial charge on any atom is -0.386 e. The van der Waals surface area contributed by atoms with Crippen molar-refractivity contribution in [2.45, 2.75) is 19.4 Å². The molecule has 4 heteroatoms. The second-order valence-corrected chi connectivity index (χ2v) is 3.48. The minimum atomic E-state index is -0.494. The number of aliphatic hydroxyl groups excluding tert-OH is 1. The van der Waals surface area contributed by atoms with E-state index < -0.39 is 6.10 Å². The zero-order valence-corrected chi connectivity index (χ0v) is 7.92. The lowest BCUT2D eigenvalue weighted by molar-refractivity contribution is 0.106. The molecule has 0 fully saturated rings. The molecule has 68 valence electrons. The van der Waals surface area contributed by atoms with Crippen LogP contribution in [0.4, 0.5) is 0 Å². The number of aliphatic hydroxyl groups is 1. The molecule has 0 saturated heterocycles. The summed E-state index contributed by atoms with van der Waals surface area (Å²) in [4.78, 5) is 4.05. The largest absolute Gasteiger partial charge is 0.386 e. The van der Waals surface area contributed by atoms with Crippen LogP contribution in [0.15, 0.2) is 10.9 Å². The van der Waals surface area contributed by atoms with E-state index >= 15 is 0 Å². The first-order chi connectivity index (χ1) is 5.79. The molecule has 1 aromatic rings. The summed E-state index contributed by atoms with van der Waals surface area (Å²) in [6.07, 6.45) is 0.390. The molecule has 1 rings (SSSR count). The summed E-state index contributed by atoms with van der Waals surface area (Å²) in [5, 5.41) is 11.6. The van der Waals surface area contributed by atoms with Crippen LogP contribution in [0, 0.1) is 5.92 Å². The Labute approximate surface area is 76.3 Å². The summed E-state index contributed by atoms with van der Waals surface area (Å²) in [5.74, 6) is 0.132. The molecule has 12 heavy (non-hydrogen) atoms. The number of thiazole rings is 1. The average Bonchev–Trinajstić information content (AvgIpc) is 2.58. The van der Waals surface area contributed by atoms with E-state index in [1.165, 1.54) is 11.3 Å². The number of hydrogen-bond donors (Lipinski definition) is 2. The van der Waals surface area contributed by atoms with Crippen molar-refractivity contribution in [3.63, 3.8) is 0 Å². The third kappa shape index (κ3) is 2.03. The molecule has 0 saturated carbocycles. The quantitative estimate of drug-likeness (QED) is 0.742. The predicted molar refractivity (Wildman–Crippen MR) is 49.9 cm³/mol. The zero-order valence-electron chi connectivity index (χ0n) is 7.10. The normalized spacial score (nSPS) is 15.9. The molecule has 3 N–H and O–H groups in total. The number of aromatic nitrogens is 1. The molecule has 2 atom stereocenters. The van der Waals surface area contributed by atoms with Gasteiger partial charge in [0.25, 0.3) is 0 Å². The first-order valence-electron chi connectivity index (χ1n) is 4.05. The van der Waals surface area contributed by atoms with Gasteiger partial charge in [-0.25, -0.2) is 4.98 Å². The fraction of sp³-hybridized carbons (Fsp3) is 0.625. The summed E-state index contributed by atoms with van der Waals surface area (Å²) in [6.45, 7) is 2.53. The van der Waals surface area contributed by atoms with Gasteiger partial charge in [0.2, 0.25) is 0 Å². The molecule has 0 aliphatic carbocycles. The smallest absolute Gasteiger partial charge is 0.101 e. The molecular weight excluding hydrogens is 172 g/mol. The van der Waals surface area contributed by atoms with Crippen molar-refractivity contribution >= 4 is 11.3 Å². The van der Waals surface area contributed by atoms with E-state index in [9.17, 15) is 5.11 Å². The van der Waals surface area contributed by atoms with Crippen LogP contribution in [0.25, 0.3) is 0 Å². The summed E-state index contributed by atoms with van der Waals surface area (Å²) >= 11 is 1.49. The first kappa shape index (κ1) is 9.64. The van der Waals surface area contributed by atoms with Gasteiger partial charge in [0, 0.05) is 11.3 Å². The molecule has 1 heterocycles. The number of rotatable bonds is 4. The van der Waals surface area contributed by atoms with Crippen LogP contribution < -0.4 is 5.73 Å². The maximum atomic E-state index is 9.73. The van der Waals surface area contributed by atoms with E-state index in [2.05, 4.69) is 4.98 Å². The van der Waals surface area contributed by atoms with Crippen LogP contribution in [-0.2, 0) is 0 Å². The minimum absolute atomic E-state index is 0.132. The van der Waals surface area contributed by atoms with Crippen molar-refractivity contribution in [1.29, 1.82) is 0 Å². The fourth-order valence-electron chi connectivity index (χ4n) is 1.13. The van der Waals surface area contributed by atoms with E-state index in [4.69, 9.17) is 5.73 Å². The lowest BCUT2D eigenvalue weighted by Gasteiger charge is -2.17. The average molecular weight is 186 g/mol. The van der Waals surface area contributed by atoms with Crippen LogP contribution in [-0.4, -0.2) is 16.6 Å². The van der Waals surface area contributed by atoms with Crippen LogP contribution in [0.1, 0.15) is 25.1 Å². The molecule has 0 amide bonds. The molecule has 0 spiro atoms. The van der Waals surface area contributed by atoms with E-state index in [1.807, 2.05) is 12.3 Å². The second kappa shape index (κ2) is 4.54. The zero-order chi connectivity index (χ0) is 8.97. The van der Waals surface area contributed by atoms with Crippen LogP contribution >= 0.6 is 11.3 Å². The lowest BCUT2D eigenvalue weighted by atomic mass is 9.98. The molecule has 3 nitrogen and oxygen atoms in total. The second-order valence-electron chi connectivity index (χ2n) is 2.76. The summed E-state index contributed by atoms with van der Waals surface area (Å²) in [5.41, 5.74) is 7.98. The molecule has 2 unspecified atom stereocenters. The highest BCUT2D eigenvalue weighted by Crippen LogP contribution is 2.22. The molecule has 0 aliphatic heterocycles. The van der Waals surface area contributed by atoms with Crippen LogP contribution in [0.2, 0.25) is 0 Å². The molecule has 0 radical (unpaired) electrons. The fourth-order valence-corrected chi connectivity index (χ4v) is 1.71. The van der Waals surface area contributed by atoms with Gasteiger partial charge >= 0.3 is 0 Å². The monoisotopic (exact) mass is 186 g/mol. The summed E-state index contributed by atoms with van der Waals surface area (Å²) in [7, 11) is 0. The highest BCUT2D eigenvalue weighted by atomic mass is 32.1. The van der Waals surface area contributed by atoms with Gasteiger partial charge in [0.15, 0.2) is 0 Å². The van der Waals surface area contributed by atoms with Gasteiger partial charge in [0.1, 0.15) is 6.10 Å². The molecular formula is C8H14N2OS. The summed E-state index contributed by atoms with van der Waals surface area (Å²) in [6, 6.07) is 0. The highest BCUT2D eigenvalue weighted by molar-refractivity contribution is 7.07. The van der Waals surface area contributed by atoms with Crippen molar-refractivity contribution in [2.75, 3.05) is 6.54 Å².